The zero-order chi connectivity index (χ0) is 22.7. The number of carbonyl (C=O) groups excluding carboxylic acids is 1. The van der Waals surface area contributed by atoms with E-state index in [9.17, 15) is 18.0 Å². The van der Waals surface area contributed by atoms with Crippen molar-refractivity contribution in [1.82, 2.24) is 20.1 Å². The van der Waals surface area contributed by atoms with Crippen molar-refractivity contribution in [3.63, 3.8) is 0 Å². The number of benzene rings is 1. The predicted molar refractivity (Wildman–Crippen MR) is 116 cm³/mol. The summed E-state index contributed by atoms with van der Waals surface area (Å²) in [5.41, 5.74) is 0.388. The highest BCUT2D eigenvalue weighted by Gasteiger charge is 2.31. The third-order valence-electron chi connectivity index (χ3n) is 5.03. The number of amides is 1. The Hall–Kier alpha value is -2.37. The number of thiophene rings is 1. The molecule has 3 aromatic rings. The molecule has 1 fully saturated rings. The van der Waals surface area contributed by atoms with Crippen LogP contribution in [-0.4, -0.2) is 39.1 Å². The maximum Gasteiger partial charge on any atom is 0.416 e. The van der Waals surface area contributed by atoms with Crippen LogP contribution in [0.1, 0.15) is 39.5 Å². The summed E-state index contributed by atoms with van der Waals surface area (Å²) in [5, 5.41) is 13.4. The SMILES string of the molecule is Cc1ccsc1C(=O)NCc1nnc(SCC2CCCO2)n1-c1cccc(C(F)(F)F)c1. The number of nitrogens with one attached hydrogen (secondary N) is 1. The van der Waals surface area contributed by atoms with Crippen LogP contribution < -0.4 is 5.32 Å². The van der Waals surface area contributed by atoms with Crippen molar-refractivity contribution in [2.24, 2.45) is 0 Å². The minimum absolute atomic E-state index is 0.0277. The van der Waals surface area contributed by atoms with Gasteiger partial charge < -0.3 is 10.1 Å². The standard InChI is InChI=1S/C21H21F3N4O2S2/c1-13-7-9-31-18(13)19(29)25-11-17-26-27-20(32-12-16-6-3-8-30-16)28(17)15-5-2-4-14(10-15)21(22,23)24/h2,4-5,7,9-10,16H,3,6,8,11-12H2,1H3,(H,25,29). The lowest BCUT2D eigenvalue weighted by atomic mass is 10.2. The highest BCUT2D eigenvalue weighted by atomic mass is 32.2. The molecule has 1 atom stereocenters. The maximum atomic E-state index is 13.3. The fourth-order valence-electron chi connectivity index (χ4n) is 3.38. The second kappa shape index (κ2) is 9.63. The fourth-order valence-corrected chi connectivity index (χ4v) is 5.25. The van der Waals surface area contributed by atoms with E-state index in [0.717, 1.165) is 30.5 Å². The largest absolute Gasteiger partial charge is 0.416 e. The minimum Gasteiger partial charge on any atom is -0.377 e. The van der Waals surface area contributed by atoms with Gasteiger partial charge in [-0.2, -0.15) is 13.2 Å². The Bertz CT molecular complexity index is 1090. The van der Waals surface area contributed by atoms with Crippen LogP contribution in [0.2, 0.25) is 0 Å². The van der Waals surface area contributed by atoms with Crippen LogP contribution in [-0.2, 0) is 17.5 Å². The molecule has 0 bridgehead atoms. The van der Waals surface area contributed by atoms with Gasteiger partial charge in [0.2, 0.25) is 0 Å². The van der Waals surface area contributed by atoms with E-state index < -0.39 is 11.7 Å². The van der Waals surface area contributed by atoms with Crippen LogP contribution in [0.3, 0.4) is 0 Å². The summed E-state index contributed by atoms with van der Waals surface area (Å²) in [4.78, 5) is 13.1. The Kier molecular flexibility index (Phi) is 6.87. The molecule has 0 spiro atoms. The number of thioether (sulfide) groups is 1. The summed E-state index contributed by atoms with van der Waals surface area (Å²) in [6.45, 7) is 2.58. The van der Waals surface area contributed by atoms with E-state index >= 15 is 0 Å². The molecule has 6 nitrogen and oxygen atoms in total. The summed E-state index contributed by atoms with van der Waals surface area (Å²) < 4.78 is 47.1. The van der Waals surface area contributed by atoms with Crippen molar-refractivity contribution < 1.29 is 22.7 Å². The topological polar surface area (TPSA) is 69.0 Å². The fraction of sp³-hybridized carbons (Fsp3) is 0.381. The molecule has 4 rings (SSSR count). The third-order valence-corrected chi connectivity index (χ3v) is 7.11. The van der Waals surface area contributed by atoms with Crippen LogP contribution in [0.15, 0.2) is 40.9 Å². The van der Waals surface area contributed by atoms with Crippen molar-refractivity contribution in [3.8, 4) is 5.69 Å². The van der Waals surface area contributed by atoms with E-state index in [4.69, 9.17) is 4.74 Å². The van der Waals surface area contributed by atoms with E-state index in [0.29, 0.717) is 28.2 Å². The molecule has 1 amide bonds. The monoisotopic (exact) mass is 482 g/mol. The number of nitrogens with zero attached hydrogens (tertiary/aromatic N) is 3. The number of halogens is 3. The van der Waals surface area contributed by atoms with Gasteiger partial charge in [-0.05, 0) is 55.0 Å². The number of ether oxygens (including phenoxy) is 1. The van der Waals surface area contributed by atoms with E-state index in [1.54, 1.807) is 10.6 Å². The second-order valence-corrected chi connectivity index (χ2v) is 9.25. The molecule has 1 N–H and O–H groups in total. The Morgan fingerprint density at radius 2 is 2.19 bits per heavy atom. The first-order chi connectivity index (χ1) is 15.3. The number of hydrogen-bond donors (Lipinski definition) is 1. The number of carbonyl (C=O) groups is 1. The highest BCUT2D eigenvalue weighted by molar-refractivity contribution is 7.99. The van der Waals surface area contributed by atoms with E-state index in [1.807, 2.05) is 18.4 Å². The Balaban J connectivity index is 1.61. The van der Waals surface area contributed by atoms with Gasteiger partial charge in [0.05, 0.1) is 28.8 Å². The van der Waals surface area contributed by atoms with Crippen LogP contribution in [0, 0.1) is 6.92 Å². The first-order valence-electron chi connectivity index (χ1n) is 10.0. The molecule has 2 aromatic heterocycles. The second-order valence-electron chi connectivity index (χ2n) is 7.34. The molecular weight excluding hydrogens is 461 g/mol. The summed E-state index contributed by atoms with van der Waals surface area (Å²) in [6, 6.07) is 6.86. The molecule has 0 saturated carbocycles. The van der Waals surface area contributed by atoms with Crippen LogP contribution in [0.5, 0.6) is 0 Å². The molecule has 0 radical (unpaired) electrons. The number of rotatable bonds is 7. The Labute approximate surface area is 191 Å². The molecule has 0 aliphatic carbocycles. The van der Waals surface area contributed by atoms with Gasteiger partial charge in [0, 0.05) is 12.4 Å². The van der Waals surface area contributed by atoms with Crippen LogP contribution in [0.25, 0.3) is 5.69 Å². The van der Waals surface area contributed by atoms with Crippen molar-refractivity contribution >= 4 is 29.0 Å². The average Bonchev–Trinajstić information content (AvgIpc) is 3.51. The molecule has 1 aliphatic rings. The van der Waals surface area contributed by atoms with Gasteiger partial charge in [0.1, 0.15) is 0 Å². The maximum absolute atomic E-state index is 13.3. The lowest BCUT2D eigenvalue weighted by Gasteiger charge is -2.14. The highest BCUT2D eigenvalue weighted by Crippen LogP contribution is 2.32. The molecular formula is C21H21F3N4O2S2. The average molecular weight is 483 g/mol. The van der Waals surface area contributed by atoms with Gasteiger partial charge in [-0.1, -0.05) is 17.8 Å². The number of hydrogen-bond acceptors (Lipinski definition) is 6. The predicted octanol–water partition coefficient (Wildman–Crippen LogP) is 4.86. The molecule has 1 aromatic carbocycles. The minimum atomic E-state index is -4.47. The summed E-state index contributed by atoms with van der Waals surface area (Å²) in [5.74, 6) is 0.712. The van der Waals surface area contributed by atoms with Gasteiger partial charge in [0.25, 0.3) is 5.91 Å². The molecule has 1 saturated heterocycles. The van der Waals surface area contributed by atoms with Crippen molar-refractivity contribution in [1.29, 1.82) is 0 Å². The number of aromatic nitrogens is 3. The number of aryl methyl sites for hydroxylation is 1. The normalized spacial score (nSPS) is 16.4. The molecule has 170 valence electrons. The van der Waals surface area contributed by atoms with E-state index in [1.165, 1.54) is 29.2 Å². The van der Waals surface area contributed by atoms with Crippen molar-refractivity contribution in [2.75, 3.05) is 12.4 Å². The van der Waals surface area contributed by atoms with Gasteiger partial charge in [-0.15, -0.1) is 21.5 Å². The first-order valence-corrected chi connectivity index (χ1v) is 11.9. The molecule has 32 heavy (non-hydrogen) atoms. The number of alkyl halides is 3. The van der Waals surface area contributed by atoms with Gasteiger partial charge in [-0.25, -0.2) is 0 Å². The van der Waals surface area contributed by atoms with Gasteiger partial charge >= 0.3 is 6.18 Å². The van der Waals surface area contributed by atoms with Gasteiger partial charge in [-0.3, -0.25) is 9.36 Å². The van der Waals surface area contributed by atoms with E-state index in [2.05, 4.69) is 15.5 Å². The Morgan fingerprint density at radius 3 is 2.88 bits per heavy atom. The molecule has 11 heteroatoms. The summed E-state index contributed by atoms with van der Waals surface area (Å²) in [6.07, 6.45) is -2.46. The van der Waals surface area contributed by atoms with Crippen LogP contribution in [0.4, 0.5) is 13.2 Å². The van der Waals surface area contributed by atoms with E-state index in [-0.39, 0.29) is 24.2 Å². The summed E-state index contributed by atoms with van der Waals surface area (Å²) >= 11 is 2.71. The zero-order valence-electron chi connectivity index (χ0n) is 17.2. The smallest absolute Gasteiger partial charge is 0.377 e. The molecule has 1 aliphatic heterocycles. The molecule has 3 heterocycles. The quantitative estimate of drug-likeness (QED) is 0.487. The first kappa shape index (κ1) is 22.8. The third kappa shape index (κ3) is 5.16. The van der Waals surface area contributed by atoms with Crippen molar-refractivity contribution in [2.45, 2.75) is 43.7 Å². The lowest BCUT2D eigenvalue weighted by Crippen LogP contribution is -2.24. The van der Waals surface area contributed by atoms with Crippen molar-refractivity contribution in [3.05, 3.63) is 57.5 Å². The zero-order valence-corrected chi connectivity index (χ0v) is 18.8. The van der Waals surface area contributed by atoms with Crippen LogP contribution >= 0.6 is 23.1 Å². The lowest BCUT2D eigenvalue weighted by molar-refractivity contribution is -0.137. The molecule has 1 unspecified atom stereocenters. The summed E-state index contributed by atoms with van der Waals surface area (Å²) in [7, 11) is 0. The Morgan fingerprint density at radius 1 is 1.34 bits per heavy atom. The van der Waals surface area contributed by atoms with Gasteiger partial charge in [0.15, 0.2) is 11.0 Å².